The maximum atomic E-state index is 2.48. The number of thioether (sulfide) groups is 2. The van der Waals surface area contributed by atoms with Crippen LogP contribution in [0.4, 0.5) is 22.7 Å². The summed E-state index contributed by atoms with van der Waals surface area (Å²) >= 11 is 3.97. The highest BCUT2D eigenvalue weighted by molar-refractivity contribution is 8.00. The van der Waals surface area contributed by atoms with Crippen molar-refractivity contribution in [2.75, 3.05) is 9.80 Å². The van der Waals surface area contributed by atoms with Gasteiger partial charge in [-0.3, -0.25) is 0 Å². The van der Waals surface area contributed by atoms with Crippen LogP contribution < -0.4 is 9.80 Å². The van der Waals surface area contributed by atoms with E-state index in [9.17, 15) is 0 Å². The highest BCUT2D eigenvalue weighted by Crippen LogP contribution is 2.54. The molecular weight excluding hydrogens is 813 g/mol. The second-order valence-electron chi connectivity index (χ2n) is 16.7. The molecule has 64 heavy (non-hydrogen) atoms. The molecule has 2 aliphatic heterocycles. The van der Waals surface area contributed by atoms with Crippen LogP contribution in [0, 0.1) is 0 Å². The van der Waals surface area contributed by atoms with Crippen LogP contribution in [0.2, 0.25) is 0 Å². The first kappa shape index (κ1) is 38.7. The summed E-state index contributed by atoms with van der Waals surface area (Å²) < 4.78 is 0. The number of fused-ring (bicyclic) bond motifs is 6. The average molecular weight is 857 g/mol. The monoisotopic (exact) mass is 856 g/mol. The fraction of sp³-hybridized carbons (Fsp3) is 0.0667. The number of nitrogens with zero attached hydrogens (tertiary/aromatic N) is 2. The molecule has 12 rings (SSSR count). The molecule has 0 spiro atoms. The molecule has 8 aromatic carbocycles. The Morgan fingerprint density at radius 2 is 0.703 bits per heavy atom. The van der Waals surface area contributed by atoms with Crippen LogP contribution in [0.5, 0.6) is 0 Å². The Morgan fingerprint density at radius 3 is 1.16 bits per heavy atom. The standard InChI is InChI=1S/C60H44N2S2/c1-3-21-43(22-4-1)61(55-35-17-33-53-51-31-11-13-37-57(51)63-59(53)55)45-25-15-19-41(39-45)47-27-7-9-29-49(47)50-30-10-8-28-48(50)42-20-16-26-46(40-42)62(44-23-5-2-6-24-44)56-36-18-34-54-52-32-12-14-38-58(52)64-60(54)56/h1-40,53-54,59-60H. The smallest absolute Gasteiger partial charge is 0.0604 e. The molecule has 4 unspecified atom stereocenters. The van der Waals surface area contributed by atoms with Crippen molar-refractivity contribution >= 4 is 46.3 Å². The first-order valence-corrected chi connectivity index (χ1v) is 23.9. The van der Waals surface area contributed by atoms with E-state index in [1.807, 2.05) is 23.5 Å². The Bertz CT molecular complexity index is 2950. The van der Waals surface area contributed by atoms with E-state index in [1.54, 1.807) is 0 Å². The van der Waals surface area contributed by atoms with Gasteiger partial charge in [0, 0.05) is 55.8 Å². The zero-order chi connectivity index (χ0) is 42.4. The van der Waals surface area contributed by atoms with E-state index in [1.165, 1.54) is 65.7 Å². The third kappa shape index (κ3) is 6.86. The molecule has 8 aromatic rings. The van der Waals surface area contributed by atoms with Crippen molar-refractivity contribution < 1.29 is 0 Å². The van der Waals surface area contributed by atoms with Crippen LogP contribution >= 0.6 is 23.5 Å². The number of rotatable bonds is 9. The number of anilines is 4. The van der Waals surface area contributed by atoms with E-state index in [-0.39, 0.29) is 10.5 Å². The molecule has 0 aromatic heterocycles. The van der Waals surface area contributed by atoms with Gasteiger partial charge in [0.05, 0.1) is 10.5 Å². The molecule has 0 radical (unpaired) electrons. The number of allylic oxidation sites excluding steroid dienone is 6. The molecule has 2 heterocycles. The molecule has 4 aliphatic rings. The first-order chi connectivity index (χ1) is 31.8. The van der Waals surface area contributed by atoms with Crippen LogP contribution in [0.25, 0.3) is 33.4 Å². The van der Waals surface area contributed by atoms with Crippen molar-refractivity contribution in [2.24, 2.45) is 0 Å². The van der Waals surface area contributed by atoms with Crippen molar-refractivity contribution in [1.82, 2.24) is 0 Å². The first-order valence-electron chi connectivity index (χ1n) is 22.1. The minimum Gasteiger partial charge on any atom is -0.313 e. The lowest BCUT2D eigenvalue weighted by Gasteiger charge is -2.34. The van der Waals surface area contributed by atoms with Gasteiger partial charge in [-0.15, -0.1) is 23.5 Å². The van der Waals surface area contributed by atoms with Gasteiger partial charge >= 0.3 is 0 Å². The van der Waals surface area contributed by atoms with Gasteiger partial charge in [0.1, 0.15) is 0 Å². The summed E-state index contributed by atoms with van der Waals surface area (Å²) in [4.78, 5) is 7.70. The molecule has 306 valence electrons. The molecule has 0 saturated carbocycles. The summed E-state index contributed by atoms with van der Waals surface area (Å²) in [7, 11) is 0. The van der Waals surface area contributed by atoms with Gasteiger partial charge in [-0.2, -0.15) is 0 Å². The largest absolute Gasteiger partial charge is 0.313 e. The zero-order valence-electron chi connectivity index (χ0n) is 35.1. The molecule has 4 atom stereocenters. The SMILES string of the molecule is C1=CC2c3ccccc3SC2C(N(c2ccccc2)c2cccc(-c3ccccc3-c3ccccc3-c3cccc(N(C4=CC=CC5c6ccccc6SC45)c4ccccc4)c3)c2)=C1. The molecule has 4 heteroatoms. The molecule has 2 aliphatic carbocycles. The number of para-hydroxylation sites is 2. The zero-order valence-corrected chi connectivity index (χ0v) is 36.7. The van der Waals surface area contributed by atoms with Crippen LogP contribution in [-0.2, 0) is 0 Å². The molecule has 0 bridgehead atoms. The minimum atomic E-state index is 0.277. The lowest BCUT2D eigenvalue weighted by molar-refractivity contribution is 0.823. The van der Waals surface area contributed by atoms with Gasteiger partial charge < -0.3 is 9.80 Å². The fourth-order valence-electron chi connectivity index (χ4n) is 10.1. The molecule has 0 amide bonds. The molecule has 0 saturated heterocycles. The van der Waals surface area contributed by atoms with Gasteiger partial charge in [-0.1, -0.05) is 170 Å². The van der Waals surface area contributed by atoms with Crippen molar-refractivity contribution in [3.63, 3.8) is 0 Å². The normalized spacial score (nSPS) is 18.9. The van der Waals surface area contributed by atoms with E-state index in [2.05, 4.69) is 253 Å². The molecular formula is C60H44N2S2. The Balaban J connectivity index is 0.928. The fourth-order valence-corrected chi connectivity index (χ4v) is 13.0. The Morgan fingerprint density at radius 1 is 0.328 bits per heavy atom. The summed E-state index contributed by atoms with van der Waals surface area (Å²) in [6, 6.07) is 75.6. The topological polar surface area (TPSA) is 6.48 Å². The van der Waals surface area contributed by atoms with Gasteiger partial charge in [0.25, 0.3) is 0 Å². The maximum Gasteiger partial charge on any atom is 0.0604 e. The van der Waals surface area contributed by atoms with Crippen LogP contribution in [0.3, 0.4) is 0 Å². The predicted octanol–water partition coefficient (Wildman–Crippen LogP) is 16.4. The second kappa shape index (κ2) is 16.6. The Labute approximate surface area is 384 Å². The highest BCUT2D eigenvalue weighted by atomic mass is 32.2. The summed E-state index contributed by atoms with van der Waals surface area (Å²) in [5.41, 5.74) is 17.2. The number of benzene rings is 8. The van der Waals surface area contributed by atoms with E-state index >= 15 is 0 Å². The minimum absolute atomic E-state index is 0.277. The van der Waals surface area contributed by atoms with Gasteiger partial charge in [-0.25, -0.2) is 0 Å². The van der Waals surface area contributed by atoms with E-state index in [0.29, 0.717) is 11.8 Å². The molecule has 0 fully saturated rings. The van der Waals surface area contributed by atoms with E-state index in [4.69, 9.17) is 0 Å². The van der Waals surface area contributed by atoms with Crippen LogP contribution in [0.15, 0.2) is 264 Å². The summed E-state index contributed by atoms with van der Waals surface area (Å²) in [6.45, 7) is 0. The van der Waals surface area contributed by atoms with Gasteiger partial charge in [-0.05, 0) is 117 Å². The summed E-state index contributed by atoms with van der Waals surface area (Å²) in [6.07, 6.45) is 13.9. The lowest BCUT2D eigenvalue weighted by atomic mass is 9.88. The van der Waals surface area contributed by atoms with Gasteiger partial charge in [0.15, 0.2) is 0 Å². The average Bonchev–Trinajstić information content (AvgIpc) is 3.95. The van der Waals surface area contributed by atoms with Crippen LogP contribution in [0.1, 0.15) is 23.0 Å². The third-order valence-electron chi connectivity index (χ3n) is 13.0. The Hall–Kier alpha value is -6.98. The van der Waals surface area contributed by atoms with Crippen molar-refractivity contribution in [3.05, 3.63) is 265 Å². The van der Waals surface area contributed by atoms with Gasteiger partial charge in [0.2, 0.25) is 0 Å². The highest BCUT2D eigenvalue weighted by Gasteiger charge is 2.39. The van der Waals surface area contributed by atoms with Crippen molar-refractivity contribution in [2.45, 2.75) is 32.1 Å². The molecule has 2 nitrogen and oxygen atoms in total. The number of hydrogen-bond donors (Lipinski definition) is 0. The number of hydrogen-bond acceptors (Lipinski definition) is 4. The maximum absolute atomic E-state index is 2.48. The van der Waals surface area contributed by atoms with E-state index in [0.717, 1.165) is 22.7 Å². The quantitative estimate of drug-likeness (QED) is 0.143. The second-order valence-corrected chi connectivity index (χ2v) is 19.1. The van der Waals surface area contributed by atoms with Crippen LogP contribution in [-0.4, -0.2) is 10.5 Å². The van der Waals surface area contributed by atoms with Crippen molar-refractivity contribution in [1.29, 1.82) is 0 Å². The van der Waals surface area contributed by atoms with Crippen molar-refractivity contribution in [3.8, 4) is 33.4 Å². The third-order valence-corrected chi connectivity index (χ3v) is 15.8. The lowest BCUT2D eigenvalue weighted by Crippen LogP contribution is -2.27. The predicted molar refractivity (Wildman–Crippen MR) is 272 cm³/mol. The molecule has 0 N–H and O–H groups in total. The van der Waals surface area contributed by atoms with E-state index < -0.39 is 0 Å². The summed E-state index contributed by atoms with van der Waals surface area (Å²) in [5.74, 6) is 0.663. The Kier molecular flexibility index (Phi) is 10.0. The summed E-state index contributed by atoms with van der Waals surface area (Å²) in [5, 5.41) is 0.555.